The normalized spacial score (nSPS) is 13.4. The van der Waals surface area contributed by atoms with E-state index >= 15 is 0 Å². The lowest BCUT2D eigenvalue weighted by molar-refractivity contribution is -0.115. The van der Waals surface area contributed by atoms with Crippen LogP contribution in [0, 0.1) is 11.3 Å². The summed E-state index contributed by atoms with van der Waals surface area (Å²) in [5.74, 6) is 0.298. The highest BCUT2D eigenvalue weighted by Gasteiger charge is 2.23. The van der Waals surface area contributed by atoms with E-state index in [1.807, 2.05) is 6.07 Å². The number of pyridine rings is 1. The first kappa shape index (κ1) is 8.02. The molecule has 5 heteroatoms. The monoisotopic (exact) mass is 193 g/mol. The van der Waals surface area contributed by atoms with Gasteiger partial charge in [-0.25, -0.2) is 4.98 Å². The quantitative estimate of drug-likeness (QED) is 0.671. The highest BCUT2D eigenvalue weighted by Crippen LogP contribution is 2.28. The van der Waals surface area contributed by atoms with E-state index in [0.29, 0.717) is 16.9 Å². The van der Waals surface area contributed by atoms with E-state index in [1.165, 1.54) is 6.20 Å². The van der Waals surface area contributed by atoms with Crippen LogP contribution in [0.2, 0.25) is 5.02 Å². The molecule has 0 fully saturated rings. The highest BCUT2D eigenvalue weighted by atomic mass is 35.5. The van der Waals surface area contributed by atoms with Gasteiger partial charge in [0.05, 0.1) is 17.0 Å². The molecule has 64 valence electrons. The number of anilines is 1. The molecule has 0 saturated carbocycles. The molecule has 0 atom stereocenters. The maximum Gasteiger partial charge on any atom is 0.230 e. The third-order valence-corrected chi connectivity index (χ3v) is 2.13. The number of nitrogens with zero attached hydrogens (tertiary/aromatic N) is 2. The maximum absolute atomic E-state index is 11.0. The molecule has 2 heterocycles. The number of carbonyl (C=O) groups is 1. The van der Waals surface area contributed by atoms with Gasteiger partial charge in [0.15, 0.2) is 0 Å². The Balaban J connectivity index is 2.66. The first-order valence-electron chi connectivity index (χ1n) is 3.59. The van der Waals surface area contributed by atoms with Crippen LogP contribution in [0.5, 0.6) is 0 Å². The fourth-order valence-electron chi connectivity index (χ4n) is 1.26. The molecule has 4 nitrogen and oxygen atoms in total. The van der Waals surface area contributed by atoms with E-state index in [2.05, 4.69) is 10.3 Å². The Hall–Kier alpha value is -1.60. The van der Waals surface area contributed by atoms with Crippen LogP contribution in [0.1, 0.15) is 11.1 Å². The first-order valence-corrected chi connectivity index (χ1v) is 3.97. The van der Waals surface area contributed by atoms with Crippen molar-refractivity contribution in [3.8, 4) is 6.07 Å². The van der Waals surface area contributed by atoms with Crippen LogP contribution >= 0.6 is 11.6 Å². The van der Waals surface area contributed by atoms with Crippen molar-refractivity contribution >= 4 is 23.3 Å². The molecule has 0 aliphatic carbocycles. The van der Waals surface area contributed by atoms with Crippen LogP contribution in [0.4, 0.5) is 5.82 Å². The number of nitriles is 1. The topological polar surface area (TPSA) is 65.8 Å². The number of fused-ring (bicyclic) bond motifs is 1. The molecule has 0 aromatic carbocycles. The second-order valence-electron chi connectivity index (χ2n) is 2.65. The minimum Gasteiger partial charge on any atom is -0.310 e. The Morgan fingerprint density at radius 2 is 2.46 bits per heavy atom. The van der Waals surface area contributed by atoms with E-state index in [9.17, 15) is 4.79 Å². The second-order valence-corrected chi connectivity index (χ2v) is 3.05. The summed E-state index contributed by atoms with van der Waals surface area (Å²) in [6.07, 6.45) is 1.55. The van der Waals surface area contributed by atoms with Crippen molar-refractivity contribution < 1.29 is 4.79 Å². The summed E-state index contributed by atoms with van der Waals surface area (Å²) < 4.78 is 0. The van der Waals surface area contributed by atoms with Crippen LogP contribution in [-0.4, -0.2) is 10.9 Å². The van der Waals surface area contributed by atoms with Gasteiger partial charge in [-0.05, 0) is 0 Å². The largest absolute Gasteiger partial charge is 0.310 e. The van der Waals surface area contributed by atoms with Crippen molar-refractivity contribution in [1.82, 2.24) is 4.98 Å². The lowest BCUT2D eigenvalue weighted by Crippen LogP contribution is -2.04. The molecule has 13 heavy (non-hydrogen) atoms. The molecular weight excluding hydrogens is 190 g/mol. The van der Waals surface area contributed by atoms with Crippen molar-refractivity contribution in [3.63, 3.8) is 0 Å². The van der Waals surface area contributed by atoms with Crippen molar-refractivity contribution in [2.24, 2.45) is 0 Å². The van der Waals surface area contributed by atoms with Gasteiger partial charge in [-0.1, -0.05) is 11.6 Å². The molecule has 1 amide bonds. The van der Waals surface area contributed by atoms with E-state index in [0.717, 1.165) is 0 Å². The van der Waals surface area contributed by atoms with Crippen molar-refractivity contribution in [2.75, 3.05) is 5.32 Å². The van der Waals surface area contributed by atoms with E-state index in [4.69, 9.17) is 16.9 Å². The molecule has 2 rings (SSSR count). The number of hydrogen-bond acceptors (Lipinski definition) is 3. The second kappa shape index (κ2) is 2.71. The molecule has 1 aromatic rings. The Morgan fingerprint density at radius 1 is 1.69 bits per heavy atom. The Labute approximate surface area is 79.1 Å². The van der Waals surface area contributed by atoms with Crippen LogP contribution in [-0.2, 0) is 11.2 Å². The molecule has 0 saturated heterocycles. The molecule has 0 bridgehead atoms. The summed E-state index contributed by atoms with van der Waals surface area (Å²) in [6.45, 7) is 0. The summed E-state index contributed by atoms with van der Waals surface area (Å²) in [6, 6.07) is 1.95. The Morgan fingerprint density at radius 3 is 3.15 bits per heavy atom. The van der Waals surface area contributed by atoms with Gasteiger partial charge >= 0.3 is 0 Å². The minimum absolute atomic E-state index is 0.152. The summed E-state index contributed by atoms with van der Waals surface area (Å²) in [5, 5.41) is 11.6. The molecular formula is C8H4ClN3O. The minimum atomic E-state index is -0.152. The number of aromatic nitrogens is 1. The zero-order chi connectivity index (χ0) is 9.42. The van der Waals surface area contributed by atoms with Gasteiger partial charge in [0.1, 0.15) is 11.9 Å². The summed E-state index contributed by atoms with van der Waals surface area (Å²) in [5.41, 5.74) is 0.935. The van der Waals surface area contributed by atoms with Crippen molar-refractivity contribution in [1.29, 1.82) is 5.26 Å². The lowest BCUT2D eigenvalue weighted by Gasteiger charge is -1.99. The van der Waals surface area contributed by atoms with E-state index in [-0.39, 0.29) is 17.4 Å². The van der Waals surface area contributed by atoms with Gasteiger partial charge in [-0.2, -0.15) is 5.26 Å². The summed E-state index contributed by atoms with van der Waals surface area (Å²) in [7, 11) is 0. The average Bonchev–Trinajstić information content (AvgIpc) is 2.45. The van der Waals surface area contributed by atoms with Gasteiger partial charge in [0.2, 0.25) is 5.91 Å². The lowest BCUT2D eigenvalue weighted by atomic mass is 10.1. The number of nitrogens with one attached hydrogen (secondary N) is 1. The molecule has 0 radical (unpaired) electrons. The zero-order valence-corrected chi connectivity index (χ0v) is 7.22. The predicted octanol–water partition coefficient (Wildman–Crippen LogP) is 1.10. The van der Waals surface area contributed by atoms with Crippen LogP contribution in [0.3, 0.4) is 0 Å². The van der Waals surface area contributed by atoms with Crippen molar-refractivity contribution in [2.45, 2.75) is 6.42 Å². The van der Waals surface area contributed by atoms with Gasteiger partial charge in [0, 0.05) is 11.8 Å². The zero-order valence-electron chi connectivity index (χ0n) is 6.47. The molecule has 0 unspecified atom stereocenters. The smallest absolute Gasteiger partial charge is 0.230 e. The number of rotatable bonds is 0. The van der Waals surface area contributed by atoms with Gasteiger partial charge in [0.25, 0.3) is 0 Å². The van der Waals surface area contributed by atoms with Crippen LogP contribution in [0.15, 0.2) is 6.20 Å². The highest BCUT2D eigenvalue weighted by molar-refractivity contribution is 6.32. The SMILES string of the molecule is N#Cc1c(Cl)cnc2c1CC(=O)N2. The Kier molecular flexibility index (Phi) is 1.67. The van der Waals surface area contributed by atoms with E-state index in [1.54, 1.807) is 0 Å². The van der Waals surface area contributed by atoms with Gasteiger partial charge in [-0.3, -0.25) is 4.79 Å². The fraction of sp³-hybridized carbons (Fsp3) is 0.125. The standard InChI is InChI=1S/C8H4ClN3O/c9-6-3-11-8-4(5(6)2-10)1-7(13)12-8/h3H,1H2,(H,11,12,13). The summed E-state index contributed by atoms with van der Waals surface area (Å²) >= 11 is 5.73. The predicted molar refractivity (Wildman–Crippen MR) is 46.3 cm³/mol. The Bertz CT molecular complexity index is 436. The molecule has 1 aliphatic rings. The molecule has 1 aromatic heterocycles. The number of halogens is 1. The fourth-order valence-corrected chi connectivity index (χ4v) is 1.47. The van der Waals surface area contributed by atoms with Gasteiger partial charge < -0.3 is 5.32 Å². The first-order chi connectivity index (χ1) is 6.22. The maximum atomic E-state index is 11.0. The third kappa shape index (κ3) is 1.14. The van der Waals surface area contributed by atoms with Crippen LogP contribution in [0.25, 0.3) is 0 Å². The van der Waals surface area contributed by atoms with E-state index < -0.39 is 0 Å². The third-order valence-electron chi connectivity index (χ3n) is 1.84. The number of hydrogen-bond donors (Lipinski definition) is 1. The van der Waals surface area contributed by atoms with Crippen LogP contribution < -0.4 is 5.32 Å². The molecule has 1 aliphatic heterocycles. The molecule has 0 spiro atoms. The van der Waals surface area contributed by atoms with Crippen molar-refractivity contribution in [3.05, 3.63) is 22.3 Å². The molecule has 1 N–H and O–H groups in total. The average molecular weight is 194 g/mol. The number of carbonyl (C=O) groups excluding carboxylic acids is 1. The summed E-state index contributed by atoms with van der Waals surface area (Å²) in [4.78, 5) is 14.9. The number of amides is 1. The van der Waals surface area contributed by atoms with Gasteiger partial charge in [-0.15, -0.1) is 0 Å².